The minimum Gasteiger partial charge on any atom is -0.550 e. The number of hydrogen-bond acceptors (Lipinski definition) is 11. The molecule has 1 saturated carbocycles. The van der Waals surface area contributed by atoms with Crippen LogP contribution in [-0.4, -0.2) is 100 Å². The molecule has 18 heteroatoms. The fourth-order valence-corrected chi connectivity index (χ4v) is 8.03. The Kier molecular flexibility index (Phi) is 14.9. The summed E-state index contributed by atoms with van der Waals surface area (Å²) in [7, 11) is 1.60. The Labute approximate surface area is 358 Å². The van der Waals surface area contributed by atoms with Crippen molar-refractivity contribution < 1.29 is 48.1 Å². The average Bonchev–Trinajstić information content (AvgIpc) is 3.54. The van der Waals surface area contributed by atoms with E-state index in [1.54, 1.807) is 19.2 Å². The summed E-state index contributed by atoms with van der Waals surface area (Å²) in [6.07, 6.45) is 2.78. The molecule has 0 radical (unpaired) electrons. The first-order chi connectivity index (χ1) is 30.0. The van der Waals surface area contributed by atoms with Crippen LogP contribution in [0.25, 0.3) is 11.1 Å². The van der Waals surface area contributed by atoms with E-state index in [0.29, 0.717) is 19.4 Å². The summed E-state index contributed by atoms with van der Waals surface area (Å²) in [6.45, 7) is 2.61. The lowest BCUT2D eigenvalue weighted by molar-refractivity contribution is -0.305. The van der Waals surface area contributed by atoms with Crippen molar-refractivity contribution in [2.24, 2.45) is 16.9 Å². The van der Waals surface area contributed by atoms with E-state index in [1.807, 2.05) is 48.5 Å². The van der Waals surface area contributed by atoms with Gasteiger partial charge in [-0.25, -0.2) is 19.8 Å². The van der Waals surface area contributed by atoms with Crippen molar-refractivity contribution in [1.82, 2.24) is 26.7 Å². The Balaban J connectivity index is 1.13. The fraction of sp³-hybridized carbons (Fsp3) is 0.364. The van der Waals surface area contributed by atoms with Gasteiger partial charge in [0.15, 0.2) is 0 Å². The first kappa shape index (κ1) is 44.3. The molecule has 3 aromatic rings. The first-order valence-electron chi connectivity index (χ1n) is 20.3. The number of amides is 7. The van der Waals surface area contributed by atoms with Gasteiger partial charge in [0.05, 0.1) is 24.0 Å². The number of carbonyl (C=O) groups excluding carboxylic acids is 7. The van der Waals surface area contributed by atoms with Gasteiger partial charge in [-0.1, -0.05) is 73.3 Å². The van der Waals surface area contributed by atoms with Crippen LogP contribution in [0.4, 0.5) is 25.8 Å². The van der Waals surface area contributed by atoms with Crippen LogP contribution < -0.4 is 41.6 Å². The van der Waals surface area contributed by atoms with E-state index in [0.717, 1.165) is 51.1 Å². The Morgan fingerprint density at radius 2 is 1.55 bits per heavy atom. The van der Waals surface area contributed by atoms with Gasteiger partial charge in [0, 0.05) is 44.0 Å². The molecule has 1 aliphatic heterocycles. The number of nitrogens with zero attached hydrogens (tertiary/aromatic N) is 3. The smallest absolute Gasteiger partial charge is 0.414 e. The van der Waals surface area contributed by atoms with E-state index in [4.69, 9.17) is 9.47 Å². The Hall–Kier alpha value is -7.24. The predicted molar refractivity (Wildman–Crippen MR) is 226 cm³/mol. The van der Waals surface area contributed by atoms with Gasteiger partial charge in [-0.3, -0.25) is 24.2 Å². The van der Waals surface area contributed by atoms with Gasteiger partial charge in [-0.2, -0.15) is 5.10 Å². The largest absolute Gasteiger partial charge is 0.550 e. The Bertz CT molecular complexity index is 2160. The molecule has 0 saturated heterocycles. The summed E-state index contributed by atoms with van der Waals surface area (Å²) in [5.41, 5.74) is 6.56. The molecular formula is C44H49N8O10-. The van der Waals surface area contributed by atoms with Gasteiger partial charge in [0.1, 0.15) is 25.8 Å². The quantitative estimate of drug-likeness (QED) is 0.0851. The number of hydrogen-bond donors (Lipinski definition) is 5. The Morgan fingerprint density at radius 3 is 2.19 bits per heavy atom. The van der Waals surface area contributed by atoms with Crippen molar-refractivity contribution in [3.63, 3.8) is 0 Å². The molecule has 0 bridgehead atoms. The number of carbonyl (C=O) groups is 7. The number of carboxylic acid groups (broad SMARTS) is 1. The standard InChI is InChI=1S/C44H50N8O10/c1-3-20-61-44(60)52-24-35(49-43(59)62-26-34-32-12-6-4-10-30(32)31-11-5-7-13-33(31)34)41(57)51(36-14-8-9-15-37(36)52)25-38(53)48-29(21-39(54)55)23-47-50-42(58)46-22-27-16-18-28(19-17-27)40(56)45-2/h3-15,23,27-29,34-35H,1,16-22,24-26H2,2H3,(H,45,56)(H,48,53)(H,49,59)(H,54,55)(H2,46,50,58)/p-1/b47-23+/t27?,28?,29-,35-/m0/s1. The van der Waals surface area contributed by atoms with Crippen LogP contribution >= 0.6 is 0 Å². The molecule has 7 amide bonds. The highest BCUT2D eigenvalue weighted by atomic mass is 16.6. The highest BCUT2D eigenvalue weighted by Gasteiger charge is 2.39. The number of rotatable bonds is 15. The zero-order chi connectivity index (χ0) is 44.2. The summed E-state index contributed by atoms with van der Waals surface area (Å²) >= 11 is 0. The molecule has 0 unspecified atom stereocenters. The SMILES string of the molecule is C=CCOC(=O)N1C[C@H](NC(=O)OCC2c3ccccc3-c3ccccc32)C(=O)N(CC(=O)N[C@H](/C=N/NC(=O)NCC2CCC(C(=O)NC)CC2)CC(=O)[O-])c2ccccc21. The number of benzene rings is 3. The lowest BCUT2D eigenvalue weighted by Gasteiger charge is -2.27. The van der Waals surface area contributed by atoms with E-state index in [1.165, 1.54) is 18.2 Å². The van der Waals surface area contributed by atoms with Gasteiger partial charge in [0.25, 0.3) is 5.91 Å². The van der Waals surface area contributed by atoms with Crippen LogP contribution in [-0.2, 0) is 28.7 Å². The predicted octanol–water partition coefficient (Wildman–Crippen LogP) is 2.53. The van der Waals surface area contributed by atoms with Crippen LogP contribution in [0.5, 0.6) is 0 Å². The minimum atomic E-state index is -1.53. The maximum absolute atomic E-state index is 14.4. The van der Waals surface area contributed by atoms with Gasteiger partial charge in [0.2, 0.25) is 11.8 Å². The molecule has 326 valence electrons. The monoisotopic (exact) mass is 849 g/mol. The highest BCUT2D eigenvalue weighted by Crippen LogP contribution is 2.44. The van der Waals surface area contributed by atoms with E-state index in [2.05, 4.69) is 38.4 Å². The van der Waals surface area contributed by atoms with Crippen LogP contribution in [0, 0.1) is 11.8 Å². The Morgan fingerprint density at radius 1 is 0.903 bits per heavy atom. The number of alkyl carbamates (subject to hydrolysis) is 1. The summed E-state index contributed by atoms with van der Waals surface area (Å²) in [5.74, 6) is -3.31. The fourth-order valence-electron chi connectivity index (χ4n) is 8.03. The number of urea groups is 1. The topological polar surface area (TPSA) is 240 Å². The third-order valence-corrected chi connectivity index (χ3v) is 11.0. The molecular weight excluding hydrogens is 801 g/mol. The molecule has 6 rings (SSSR count). The lowest BCUT2D eigenvalue weighted by atomic mass is 9.81. The molecule has 1 fully saturated rings. The average molecular weight is 850 g/mol. The third-order valence-electron chi connectivity index (χ3n) is 11.0. The number of carboxylic acids is 1. The summed E-state index contributed by atoms with van der Waals surface area (Å²) in [5, 5.41) is 25.9. The number of nitrogens with one attached hydrogen (secondary N) is 5. The van der Waals surface area contributed by atoms with Gasteiger partial charge in [-0.15, -0.1) is 0 Å². The van der Waals surface area contributed by atoms with E-state index in [9.17, 15) is 38.7 Å². The number of hydrazone groups is 1. The van der Waals surface area contributed by atoms with Crippen molar-refractivity contribution in [1.29, 1.82) is 0 Å². The lowest BCUT2D eigenvalue weighted by Crippen LogP contribution is -2.55. The summed E-state index contributed by atoms with van der Waals surface area (Å²) in [6, 6.07) is 18.4. The van der Waals surface area contributed by atoms with Crippen molar-refractivity contribution in [3.8, 4) is 11.1 Å². The van der Waals surface area contributed by atoms with E-state index < -0.39 is 67.6 Å². The van der Waals surface area contributed by atoms with E-state index >= 15 is 0 Å². The maximum atomic E-state index is 14.4. The molecule has 18 nitrogen and oxygen atoms in total. The molecule has 3 aromatic carbocycles. The van der Waals surface area contributed by atoms with Gasteiger partial charge >= 0.3 is 18.2 Å². The van der Waals surface area contributed by atoms with Crippen LogP contribution in [0.3, 0.4) is 0 Å². The molecule has 62 heavy (non-hydrogen) atoms. The number of para-hydroxylation sites is 2. The number of ether oxygens (including phenoxy) is 2. The van der Waals surface area contributed by atoms with Crippen molar-refractivity contribution in [2.45, 2.75) is 50.1 Å². The molecule has 2 aliphatic carbocycles. The number of aliphatic carboxylic acids is 1. The zero-order valence-corrected chi connectivity index (χ0v) is 34.2. The third kappa shape index (κ3) is 10.9. The van der Waals surface area contributed by atoms with E-state index in [-0.39, 0.29) is 48.2 Å². The number of anilines is 2. The summed E-state index contributed by atoms with van der Waals surface area (Å²) in [4.78, 5) is 93.2. The van der Waals surface area contributed by atoms with Crippen molar-refractivity contribution in [2.75, 3.05) is 49.7 Å². The highest BCUT2D eigenvalue weighted by molar-refractivity contribution is 6.09. The van der Waals surface area contributed by atoms with Crippen molar-refractivity contribution >= 4 is 59.5 Å². The minimum absolute atomic E-state index is 0.00461. The first-order valence-corrected chi connectivity index (χ1v) is 20.3. The second-order valence-electron chi connectivity index (χ2n) is 15.1. The molecule has 5 N–H and O–H groups in total. The normalized spacial score (nSPS) is 18.5. The zero-order valence-electron chi connectivity index (χ0n) is 34.2. The molecule has 1 heterocycles. The number of fused-ring (bicyclic) bond motifs is 4. The van der Waals surface area contributed by atoms with Crippen LogP contribution in [0.2, 0.25) is 0 Å². The molecule has 0 aromatic heterocycles. The van der Waals surface area contributed by atoms with Crippen molar-refractivity contribution in [3.05, 3.63) is 96.6 Å². The van der Waals surface area contributed by atoms with Crippen LogP contribution in [0.15, 0.2) is 90.6 Å². The second-order valence-corrected chi connectivity index (χ2v) is 15.1. The van der Waals surface area contributed by atoms with Gasteiger partial charge in [-0.05, 0) is 66.0 Å². The summed E-state index contributed by atoms with van der Waals surface area (Å²) < 4.78 is 11.0. The molecule has 3 aliphatic rings. The van der Waals surface area contributed by atoms with Crippen LogP contribution in [0.1, 0.15) is 49.1 Å². The molecule has 0 spiro atoms. The maximum Gasteiger partial charge on any atom is 0.414 e. The molecule has 2 atom stereocenters. The second kappa shape index (κ2) is 20.8. The van der Waals surface area contributed by atoms with Gasteiger partial charge < -0.3 is 40.6 Å².